The van der Waals surface area contributed by atoms with Gasteiger partial charge in [0, 0.05) is 32.0 Å². The molecule has 2 amide bonds. The zero-order valence-corrected chi connectivity index (χ0v) is 13.9. The van der Waals surface area contributed by atoms with Gasteiger partial charge in [-0.2, -0.15) is 5.10 Å². The minimum atomic E-state index is -0.133. The number of aromatic nitrogens is 2. The summed E-state index contributed by atoms with van der Waals surface area (Å²) >= 11 is 0. The Labute approximate surface area is 142 Å². The molecule has 0 bridgehead atoms. The lowest BCUT2D eigenvalue weighted by molar-refractivity contribution is 0.203. The molecule has 1 saturated heterocycles. The average molecular weight is 331 g/mol. The van der Waals surface area contributed by atoms with Gasteiger partial charge in [0.1, 0.15) is 5.76 Å². The summed E-state index contributed by atoms with van der Waals surface area (Å²) in [6.45, 7) is 4.09. The molecule has 0 aliphatic carbocycles. The number of nitrogens with one attached hydrogen (secondary N) is 2. The average Bonchev–Trinajstić information content (AvgIpc) is 3.34. The van der Waals surface area contributed by atoms with Crippen molar-refractivity contribution in [2.24, 2.45) is 0 Å². The number of nitrogens with zero attached hydrogens (tertiary/aromatic N) is 3. The van der Waals surface area contributed by atoms with E-state index in [2.05, 4.69) is 20.6 Å². The molecule has 7 heteroatoms. The highest BCUT2D eigenvalue weighted by molar-refractivity contribution is 5.73. The van der Waals surface area contributed by atoms with Gasteiger partial charge in [-0.3, -0.25) is 9.58 Å². The molecule has 0 spiro atoms. The highest BCUT2D eigenvalue weighted by Crippen LogP contribution is 2.24. The van der Waals surface area contributed by atoms with Crippen LogP contribution in [0.4, 0.5) is 4.79 Å². The van der Waals surface area contributed by atoms with Gasteiger partial charge >= 0.3 is 6.03 Å². The predicted octanol–water partition coefficient (Wildman–Crippen LogP) is 2.00. The van der Waals surface area contributed by atoms with Gasteiger partial charge in [0.25, 0.3) is 0 Å². The summed E-state index contributed by atoms with van der Waals surface area (Å²) < 4.78 is 7.42. The van der Waals surface area contributed by atoms with E-state index in [1.165, 1.54) is 12.8 Å². The van der Waals surface area contributed by atoms with Crippen molar-refractivity contribution in [3.8, 4) is 0 Å². The first-order valence-electron chi connectivity index (χ1n) is 8.59. The highest BCUT2D eigenvalue weighted by atomic mass is 16.3. The minimum Gasteiger partial charge on any atom is -0.468 e. The summed E-state index contributed by atoms with van der Waals surface area (Å²) in [4.78, 5) is 14.4. The molecule has 24 heavy (non-hydrogen) atoms. The normalized spacial score (nSPS) is 16.2. The zero-order chi connectivity index (χ0) is 16.6. The van der Waals surface area contributed by atoms with Gasteiger partial charge in [0.15, 0.2) is 0 Å². The predicted molar refractivity (Wildman–Crippen MR) is 90.5 cm³/mol. The number of hydrogen-bond donors (Lipinski definition) is 2. The van der Waals surface area contributed by atoms with E-state index in [9.17, 15) is 4.79 Å². The smallest absolute Gasteiger partial charge is 0.314 e. The number of rotatable bonds is 8. The van der Waals surface area contributed by atoms with E-state index >= 15 is 0 Å². The maximum absolute atomic E-state index is 12.0. The molecule has 1 aliphatic heterocycles. The second-order valence-corrected chi connectivity index (χ2v) is 6.03. The van der Waals surface area contributed by atoms with E-state index in [0.29, 0.717) is 13.1 Å². The Kier molecular flexibility index (Phi) is 5.90. The molecule has 2 N–H and O–H groups in total. The van der Waals surface area contributed by atoms with Crippen LogP contribution in [0.15, 0.2) is 41.3 Å². The van der Waals surface area contributed by atoms with E-state index in [1.54, 1.807) is 12.5 Å². The molecule has 2 aromatic heterocycles. The molecule has 0 aromatic carbocycles. The lowest BCUT2D eigenvalue weighted by Gasteiger charge is -2.26. The Bertz CT molecular complexity index is 591. The van der Waals surface area contributed by atoms with Gasteiger partial charge in [-0.05, 0) is 50.6 Å². The maximum atomic E-state index is 12.0. The minimum absolute atomic E-state index is 0.109. The van der Waals surface area contributed by atoms with Crippen LogP contribution in [0.2, 0.25) is 0 Å². The summed E-state index contributed by atoms with van der Waals surface area (Å²) in [6.07, 6.45) is 8.63. The van der Waals surface area contributed by atoms with Gasteiger partial charge in [0.05, 0.1) is 12.3 Å². The molecule has 7 nitrogen and oxygen atoms in total. The summed E-state index contributed by atoms with van der Waals surface area (Å²) in [6, 6.07) is 5.75. The lowest BCUT2D eigenvalue weighted by Crippen LogP contribution is -2.41. The number of carbonyl (C=O) groups excluding carboxylic acids is 1. The van der Waals surface area contributed by atoms with Crippen LogP contribution >= 0.6 is 0 Å². The number of furan rings is 1. The maximum Gasteiger partial charge on any atom is 0.314 e. The second-order valence-electron chi connectivity index (χ2n) is 6.03. The molecule has 3 heterocycles. The highest BCUT2D eigenvalue weighted by Gasteiger charge is 2.25. The van der Waals surface area contributed by atoms with E-state index in [4.69, 9.17) is 4.42 Å². The third-order valence-corrected chi connectivity index (χ3v) is 4.32. The fourth-order valence-corrected chi connectivity index (χ4v) is 3.07. The number of amides is 2. The Morgan fingerprint density at radius 3 is 2.88 bits per heavy atom. The number of carbonyl (C=O) groups is 1. The fourth-order valence-electron chi connectivity index (χ4n) is 3.07. The lowest BCUT2D eigenvalue weighted by atomic mass is 10.2. The van der Waals surface area contributed by atoms with Crippen LogP contribution < -0.4 is 10.6 Å². The SMILES string of the molecule is O=C(NCCCn1cccn1)NCC(c1ccco1)N1CCCC1. The largest absolute Gasteiger partial charge is 0.468 e. The van der Waals surface area contributed by atoms with Gasteiger partial charge in [-0.1, -0.05) is 0 Å². The standard InChI is InChI=1S/C17H25N5O2/c23-17(18-7-4-11-22-12-5-8-20-22)19-14-15(16-6-3-13-24-16)21-9-1-2-10-21/h3,5-6,8,12-13,15H,1-2,4,7,9-11,14H2,(H2,18,19,23). The first-order valence-corrected chi connectivity index (χ1v) is 8.59. The van der Waals surface area contributed by atoms with E-state index < -0.39 is 0 Å². The van der Waals surface area contributed by atoms with Crippen LogP contribution in [-0.4, -0.2) is 46.9 Å². The molecular weight excluding hydrogens is 306 g/mol. The number of aryl methyl sites for hydroxylation is 1. The van der Waals surface area contributed by atoms with Crippen LogP contribution in [0.25, 0.3) is 0 Å². The van der Waals surface area contributed by atoms with Crippen molar-refractivity contribution in [3.63, 3.8) is 0 Å². The van der Waals surface area contributed by atoms with Crippen LogP contribution in [0.3, 0.4) is 0 Å². The van der Waals surface area contributed by atoms with Crippen molar-refractivity contribution >= 4 is 6.03 Å². The Balaban J connectivity index is 1.39. The molecule has 1 atom stereocenters. The summed E-state index contributed by atoms with van der Waals surface area (Å²) in [7, 11) is 0. The third kappa shape index (κ3) is 4.61. The second kappa shape index (κ2) is 8.54. The molecule has 1 fully saturated rings. The first-order chi connectivity index (χ1) is 11.8. The van der Waals surface area contributed by atoms with Crippen molar-refractivity contribution in [2.45, 2.75) is 31.8 Å². The van der Waals surface area contributed by atoms with Crippen LogP contribution in [0.5, 0.6) is 0 Å². The van der Waals surface area contributed by atoms with Crippen LogP contribution in [0, 0.1) is 0 Å². The van der Waals surface area contributed by atoms with E-state index in [1.807, 2.05) is 29.1 Å². The summed E-state index contributed by atoms with van der Waals surface area (Å²) in [5.41, 5.74) is 0. The fraction of sp³-hybridized carbons (Fsp3) is 0.529. The molecule has 3 rings (SSSR count). The summed E-state index contributed by atoms with van der Waals surface area (Å²) in [5, 5.41) is 10.0. The topological polar surface area (TPSA) is 75.3 Å². The first kappa shape index (κ1) is 16.6. The number of urea groups is 1. The Morgan fingerprint density at radius 2 is 2.17 bits per heavy atom. The molecule has 1 unspecified atom stereocenters. The third-order valence-electron chi connectivity index (χ3n) is 4.32. The molecule has 0 saturated carbocycles. The Morgan fingerprint density at radius 1 is 1.29 bits per heavy atom. The van der Waals surface area contributed by atoms with E-state index in [0.717, 1.165) is 31.8 Å². The van der Waals surface area contributed by atoms with Crippen LogP contribution in [0.1, 0.15) is 31.1 Å². The van der Waals surface area contributed by atoms with Crippen molar-refractivity contribution < 1.29 is 9.21 Å². The molecule has 1 aliphatic rings. The zero-order valence-electron chi connectivity index (χ0n) is 13.9. The van der Waals surface area contributed by atoms with Crippen molar-refractivity contribution in [1.82, 2.24) is 25.3 Å². The molecule has 130 valence electrons. The van der Waals surface area contributed by atoms with Gasteiger partial charge < -0.3 is 15.1 Å². The number of hydrogen-bond acceptors (Lipinski definition) is 4. The van der Waals surface area contributed by atoms with Gasteiger partial charge in [-0.25, -0.2) is 4.79 Å². The molecule has 0 radical (unpaired) electrons. The van der Waals surface area contributed by atoms with Gasteiger partial charge in [0.2, 0.25) is 0 Å². The van der Waals surface area contributed by atoms with E-state index in [-0.39, 0.29) is 12.1 Å². The number of likely N-dealkylation sites (tertiary alicyclic amines) is 1. The monoisotopic (exact) mass is 331 g/mol. The van der Waals surface area contributed by atoms with Gasteiger partial charge in [-0.15, -0.1) is 0 Å². The van der Waals surface area contributed by atoms with Crippen molar-refractivity contribution in [1.29, 1.82) is 0 Å². The summed E-state index contributed by atoms with van der Waals surface area (Å²) in [5.74, 6) is 0.913. The molecule has 2 aromatic rings. The van der Waals surface area contributed by atoms with Crippen LogP contribution in [-0.2, 0) is 6.54 Å². The molecular formula is C17H25N5O2. The van der Waals surface area contributed by atoms with Crippen molar-refractivity contribution in [3.05, 3.63) is 42.6 Å². The quantitative estimate of drug-likeness (QED) is 0.726. The Hall–Kier alpha value is -2.28. The van der Waals surface area contributed by atoms with Crippen molar-refractivity contribution in [2.75, 3.05) is 26.2 Å².